The molecule has 1 amide bonds. The molecular formula is C12H12F2N2O. The smallest absolute Gasteiger partial charge is 0.234 e. The van der Waals surface area contributed by atoms with Gasteiger partial charge in [-0.05, 0) is 24.6 Å². The maximum absolute atomic E-state index is 13.3. The number of aryl methyl sites for hydroxylation is 1. The lowest BCUT2D eigenvalue weighted by Gasteiger charge is -1.99. The van der Waals surface area contributed by atoms with Crippen LogP contribution in [-0.4, -0.2) is 19.0 Å². The van der Waals surface area contributed by atoms with E-state index in [1.54, 1.807) is 0 Å². The maximum Gasteiger partial charge on any atom is 0.234 e. The van der Waals surface area contributed by atoms with Gasteiger partial charge in [0.1, 0.15) is 11.6 Å². The van der Waals surface area contributed by atoms with Crippen LogP contribution in [0, 0.1) is 30.4 Å². The van der Waals surface area contributed by atoms with Crippen LogP contribution in [0.5, 0.6) is 0 Å². The quantitative estimate of drug-likeness (QED) is 0.745. The van der Waals surface area contributed by atoms with Crippen LogP contribution < -0.4 is 11.1 Å². The molecule has 1 aromatic rings. The molecule has 5 heteroatoms. The Labute approximate surface area is 98.0 Å². The number of hydrogen-bond donors (Lipinski definition) is 2. The summed E-state index contributed by atoms with van der Waals surface area (Å²) in [6.45, 7) is 1.39. The van der Waals surface area contributed by atoms with Gasteiger partial charge in [-0.3, -0.25) is 4.79 Å². The Morgan fingerprint density at radius 2 is 2.12 bits per heavy atom. The van der Waals surface area contributed by atoms with E-state index >= 15 is 0 Å². The Bertz CT molecular complexity index is 489. The number of nitrogens with one attached hydrogen (secondary N) is 1. The molecule has 17 heavy (non-hydrogen) atoms. The third-order valence-electron chi connectivity index (χ3n) is 2.03. The summed E-state index contributed by atoms with van der Waals surface area (Å²) in [5, 5.41) is 2.39. The minimum Gasteiger partial charge on any atom is -0.344 e. The monoisotopic (exact) mass is 238 g/mol. The highest BCUT2D eigenvalue weighted by Gasteiger charge is 2.04. The molecule has 1 rings (SSSR count). The first-order valence-corrected chi connectivity index (χ1v) is 4.96. The Morgan fingerprint density at radius 3 is 2.76 bits per heavy atom. The lowest BCUT2D eigenvalue weighted by molar-refractivity contribution is -0.119. The molecule has 1 aromatic carbocycles. The summed E-state index contributed by atoms with van der Waals surface area (Å²) in [6.07, 6.45) is 0. The summed E-state index contributed by atoms with van der Waals surface area (Å²) in [7, 11) is 0. The summed E-state index contributed by atoms with van der Waals surface area (Å²) >= 11 is 0. The van der Waals surface area contributed by atoms with Crippen LogP contribution in [0.15, 0.2) is 12.1 Å². The van der Waals surface area contributed by atoms with E-state index < -0.39 is 11.6 Å². The van der Waals surface area contributed by atoms with Crippen molar-refractivity contribution >= 4 is 5.91 Å². The maximum atomic E-state index is 13.3. The summed E-state index contributed by atoms with van der Waals surface area (Å²) in [5.74, 6) is 3.50. The van der Waals surface area contributed by atoms with Gasteiger partial charge in [-0.1, -0.05) is 11.8 Å². The lowest BCUT2D eigenvalue weighted by Crippen LogP contribution is -2.30. The van der Waals surface area contributed by atoms with E-state index in [1.807, 2.05) is 0 Å². The van der Waals surface area contributed by atoms with Crippen molar-refractivity contribution in [3.63, 3.8) is 0 Å². The summed E-state index contributed by atoms with van der Waals surface area (Å²) in [6, 6.07) is 2.11. The first-order chi connectivity index (χ1) is 8.04. The molecule has 0 saturated heterocycles. The number of benzene rings is 1. The third-order valence-corrected chi connectivity index (χ3v) is 2.03. The second kappa shape index (κ2) is 5.97. The van der Waals surface area contributed by atoms with Crippen LogP contribution in [-0.2, 0) is 4.79 Å². The van der Waals surface area contributed by atoms with Crippen molar-refractivity contribution < 1.29 is 13.6 Å². The van der Waals surface area contributed by atoms with Gasteiger partial charge in [0.05, 0.1) is 18.7 Å². The SMILES string of the molecule is Cc1cc(F)c(C#CCNC(=O)CN)cc1F. The van der Waals surface area contributed by atoms with E-state index in [1.165, 1.54) is 6.92 Å². The lowest BCUT2D eigenvalue weighted by atomic mass is 10.1. The van der Waals surface area contributed by atoms with Crippen molar-refractivity contribution in [3.05, 3.63) is 34.9 Å². The molecule has 0 unspecified atom stereocenters. The molecule has 0 aliphatic carbocycles. The number of nitrogens with two attached hydrogens (primary N) is 1. The third kappa shape index (κ3) is 3.85. The molecule has 3 nitrogen and oxygen atoms in total. The topological polar surface area (TPSA) is 55.1 Å². The molecule has 0 aliphatic heterocycles. The summed E-state index contributed by atoms with van der Waals surface area (Å²) < 4.78 is 26.4. The number of rotatable bonds is 2. The van der Waals surface area contributed by atoms with Gasteiger partial charge in [-0.25, -0.2) is 8.78 Å². The molecule has 0 aromatic heterocycles. The minimum atomic E-state index is -0.582. The van der Waals surface area contributed by atoms with Gasteiger partial charge in [-0.2, -0.15) is 0 Å². The van der Waals surface area contributed by atoms with Gasteiger partial charge in [0.15, 0.2) is 0 Å². The van der Waals surface area contributed by atoms with E-state index in [4.69, 9.17) is 5.73 Å². The second-order valence-corrected chi connectivity index (χ2v) is 3.36. The number of halogens is 2. The average molecular weight is 238 g/mol. The molecule has 0 saturated carbocycles. The van der Waals surface area contributed by atoms with Crippen LogP contribution in [0.3, 0.4) is 0 Å². The highest BCUT2D eigenvalue weighted by Crippen LogP contribution is 2.12. The van der Waals surface area contributed by atoms with E-state index in [0.29, 0.717) is 0 Å². The largest absolute Gasteiger partial charge is 0.344 e. The second-order valence-electron chi connectivity index (χ2n) is 3.36. The van der Waals surface area contributed by atoms with Crippen molar-refractivity contribution in [2.45, 2.75) is 6.92 Å². The van der Waals surface area contributed by atoms with Gasteiger partial charge >= 0.3 is 0 Å². The van der Waals surface area contributed by atoms with Crippen molar-refractivity contribution in [2.75, 3.05) is 13.1 Å². The van der Waals surface area contributed by atoms with Crippen LogP contribution >= 0.6 is 0 Å². The van der Waals surface area contributed by atoms with Gasteiger partial charge < -0.3 is 11.1 Å². The van der Waals surface area contributed by atoms with E-state index in [-0.39, 0.29) is 30.1 Å². The van der Waals surface area contributed by atoms with Crippen LogP contribution in [0.4, 0.5) is 8.78 Å². The van der Waals surface area contributed by atoms with Crippen LogP contribution in [0.2, 0.25) is 0 Å². The van der Waals surface area contributed by atoms with Crippen molar-refractivity contribution in [1.82, 2.24) is 5.32 Å². The van der Waals surface area contributed by atoms with Crippen molar-refractivity contribution in [2.24, 2.45) is 5.73 Å². The molecule has 0 heterocycles. The Balaban J connectivity index is 2.72. The molecule has 0 atom stereocenters. The Morgan fingerprint density at radius 1 is 1.41 bits per heavy atom. The highest BCUT2D eigenvalue weighted by atomic mass is 19.1. The first kappa shape index (κ1) is 13.1. The van der Waals surface area contributed by atoms with Gasteiger partial charge in [0.25, 0.3) is 0 Å². The average Bonchev–Trinajstić information content (AvgIpc) is 2.30. The molecule has 0 fully saturated rings. The van der Waals surface area contributed by atoms with Crippen molar-refractivity contribution in [1.29, 1.82) is 0 Å². The normalized spacial score (nSPS) is 9.41. The Kier molecular flexibility index (Phi) is 4.61. The van der Waals surface area contributed by atoms with E-state index in [2.05, 4.69) is 17.2 Å². The van der Waals surface area contributed by atoms with Crippen molar-refractivity contribution in [3.8, 4) is 11.8 Å². The number of carbonyl (C=O) groups excluding carboxylic acids is 1. The molecular weight excluding hydrogens is 226 g/mol. The Hall–Kier alpha value is -1.93. The fourth-order valence-electron chi connectivity index (χ4n) is 1.10. The predicted octanol–water partition coefficient (Wildman–Crippen LogP) is 0.700. The highest BCUT2D eigenvalue weighted by molar-refractivity contribution is 5.77. The molecule has 0 radical (unpaired) electrons. The van der Waals surface area contributed by atoms with Crippen LogP contribution in [0.1, 0.15) is 11.1 Å². The molecule has 0 aliphatic rings. The standard InChI is InChI=1S/C12H12F2N2O/c1-8-5-11(14)9(6-10(8)13)3-2-4-16-12(17)7-15/h5-6H,4,7,15H2,1H3,(H,16,17). The number of carbonyl (C=O) groups is 1. The van der Waals surface area contributed by atoms with E-state index in [0.717, 1.165) is 12.1 Å². The number of amides is 1. The van der Waals surface area contributed by atoms with Gasteiger partial charge in [0.2, 0.25) is 5.91 Å². The van der Waals surface area contributed by atoms with E-state index in [9.17, 15) is 13.6 Å². The summed E-state index contributed by atoms with van der Waals surface area (Å²) in [4.78, 5) is 10.8. The number of hydrogen-bond acceptors (Lipinski definition) is 2. The fraction of sp³-hybridized carbons (Fsp3) is 0.250. The zero-order valence-electron chi connectivity index (χ0n) is 9.31. The van der Waals surface area contributed by atoms with Gasteiger partial charge in [-0.15, -0.1) is 0 Å². The minimum absolute atomic E-state index is 0.0323. The van der Waals surface area contributed by atoms with Crippen LogP contribution in [0.25, 0.3) is 0 Å². The predicted molar refractivity (Wildman–Crippen MR) is 60.0 cm³/mol. The molecule has 90 valence electrons. The summed E-state index contributed by atoms with van der Waals surface area (Å²) in [5.41, 5.74) is 5.25. The molecule has 0 bridgehead atoms. The fourth-order valence-corrected chi connectivity index (χ4v) is 1.10. The molecule has 0 spiro atoms. The zero-order chi connectivity index (χ0) is 12.8. The van der Waals surface area contributed by atoms with Gasteiger partial charge in [0, 0.05) is 0 Å². The zero-order valence-corrected chi connectivity index (χ0v) is 9.31. The first-order valence-electron chi connectivity index (χ1n) is 4.96. The molecule has 3 N–H and O–H groups in total.